The van der Waals surface area contributed by atoms with Gasteiger partial charge in [0.25, 0.3) is 0 Å². The molecule has 29 heavy (non-hydrogen) atoms. The van der Waals surface area contributed by atoms with Crippen LogP contribution in [0.25, 0.3) is 11.4 Å². The molecule has 2 heterocycles. The van der Waals surface area contributed by atoms with Crippen molar-refractivity contribution < 1.29 is 4.79 Å². The molecule has 1 fully saturated rings. The van der Waals surface area contributed by atoms with E-state index in [2.05, 4.69) is 42.2 Å². The van der Waals surface area contributed by atoms with Gasteiger partial charge < -0.3 is 4.57 Å². The molecule has 0 unspecified atom stereocenters. The number of fused-ring (bicyclic) bond motifs is 3. The Balaban J connectivity index is 1.81. The van der Waals surface area contributed by atoms with Crippen molar-refractivity contribution in [3.05, 3.63) is 65.5 Å². The molecule has 5 rings (SSSR count). The molecule has 1 saturated carbocycles. The predicted octanol–water partition coefficient (Wildman–Crippen LogP) is 4.03. The van der Waals surface area contributed by atoms with Crippen LogP contribution in [0.5, 0.6) is 0 Å². The summed E-state index contributed by atoms with van der Waals surface area (Å²) in [7, 11) is 2.01. The lowest BCUT2D eigenvalue weighted by atomic mass is 9.53. The van der Waals surface area contributed by atoms with Gasteiger partial charge in [-0.05, 0) is 37.7 Å². The topological polar surface area (TPSA) is 60.7 Å². The van der Waals surface area contributed by atoms with Crippen molar-refractivity contribution in [2.24, 2.45) is 18.9 Å². The highest BCUT2D eigenvalue weighted by Gasteiger charge is 2.53. The van der Waals surface area contributed by atoms with Gasteiger partial charge >= 0.3 is 0 Å². The molecule has 0 radical (unpaired) electrons. The number of nitrogens with zero attached hydrogens (tertiary/aromatic N) is 4. The van der Waals surface area contributed by atoms with Crippen molar-refractivity contribution in [1.29, 1.82) is 0 Å². The molecule has 0 N–H and O–H groups in total. The Morgan fingerprint density at radius 3 is 2.66 bits per heavy atom. The fraction of sp³-hybridized carbons (Fsp3) is 0.417. The van der Waals surface area contributed by atoms with Crippen LogP contribution in [0.1, 0.15) is 48.8 Å². The molecule has 0 amide bonds. The number of aryl methyl sites for hydroxylation is 2. The predicted molar refractivity (Wildman–Crippen MR) is 111 cm³/mol. The number of carbonyl (C=O) groups is 1. The third-order valence-electron chi connectivity index (χ3n) is 7.11. The molecular weight excluding hydrogens is 360 g/mol. The average Bonchev–Trinajstić information content (AvgIpc) is 3.16. The molecule has 5 nitrogen and oxygen atoms in total. The van der Waals surface area contributed by atoms with Gasteiger partial charge in [0.2, 0.25) is 0 Å². The molecular formula is C24H26N4O. The maximum atomic E-state index is 12.7. The molecule has 148 valence electrons. The Kier molecular flexibility index (Phi) is 4.16. The summed E-state index contributed by atoms with van der Waals surface area (Å²) >= 11 is 0. The zero-order chi connectivity index (χ0) is 20.2. The van der Waals surface area contributed by atoms with Gasteiger partial charge in [-0.3, -0.25) is 4.79 Å². The van der Waals surface area contributed by atoms with Gasteiger partial charge in [0.05, 0.1) is 29.6 Å². The lowest BCUT2D eigenvalue weighted by molar-refractivity contribution is -0.128. The minimum absolute atomic E-state index is 0.0486. The van der Waals surface area contributed by atoms with Crippen LogP contribution in [0.2, 0.25) is 0 Å². The van der Waals surface area contributed by atoms with E-state index in [1.165, 1.54) is 11.1 Å². The summed E-state index contributed by atoms with van der Waals surface area (Å²) in [5.41, 5.74) is 5.41. The summed E-state index contributed by atoms with van der Waals surface area (Å²) in [6.07, 6.45) is 7.00. The molecule has 2 aliphatic rings. The highest BCUT2D eigenvalue weighted by Crippen LogP contribution is 2.55. The van der Waals surface area contributed by atoms with E-state index in [1.54, 1.807) is 0 Å². The summed E-state index contributed by atoms with van der Waals surface area (Å²) in [5, 5.41) is 0. The Morgan fingerprint density at radius 1 is 1.14 bits per heavy atom. The van der Waals surface area contributed by atoms with Crippen molar-refractivity contribution in [3.8, 4) is 11.4 Å². The highest BCUT2D eigenvalue weighted by molar-refractivity contribution is 5.83. The Hall–Kier alpha value is -2.82. The number of aromatic nitrogens is 4. The SMILES string of the molecule is Cc1nc(-c2cncn2C)c2c(n1)[C@@]1(c3ccccc3)CCC(=O)[C@@H](C)[C@@H]1CC2. The molecule has 5 heteroatoms. The lowest BCUT2D eigenvalue weighted by Gasteiger charge is -2.50. The number of ketones is 1. The van der Waals surface area contributed by atoms with Gasteiger partial charge in [0.1, 0.15) is 11.6 Å². The molecule has 0 saturated heterocycles. The van der Waals surface area contributed by atoms with Crippen molar-refractivity contribution in [2.75, 3.05) is 0 Å². The van der Waals surface area contributed by atoms with Crippen LogP contribution in [0, 0.1) is 18.8 Å². The summed E-state index contributed by atoms with van der Waals surface area (Å²) in [6, 6.07) is 10.7. The van der Waals surface area contributed by atoms with Gasteiger partial charge in [-0.15, -0.1) is 0 Å². The minimum Gasteiger partial charge on any atom is -0.332 e. The molecule has 0 spiro atoms. The zero-order valence-corrected chi connectivity index (χ0v) is 17.2. The van der Waals surface area contributed by atoms with E-state index >= 15 is 0 Å². The smallest absolute Gasteiger partial charge is 0.136 e. The fourth-order valence-corrected chi connectivity index (χ4v) is 5.70. The normalized spacial score (nSPS) is 26.1. The van der Waals surface area contributed by atoms with E-state index in [0.29, 0.717) is 12.2 Å². The molecule has 0 bridgehead atoms. The Morgan fingerprint density at radius 2 is 1.93 bits per heavy atom. The van der Waals surface area contributed by atoms with E-state index in [9.17, 15) is 4.79 Å². The van der Waals surface area contributed by atoms with Gasteiger partial charge in [0.15, 0.2) is 0 Å². The van der Waals surface area contributed by atoms with Crippen LogP contribution in [0.4, 0.5) is 0 Å². The summed E-state index contributed by atoms with van der Waals surface area (Å²) in [5.74, 6) is 1.49. The number of imidazole rings is 1. The van der Waals surface area contributed by atoms with Gasteiger partial charge in [-0.25, -0.2) is 15.0 Å². The number of benzene rings is 1. The van der Waals surface area contributed by atoms with Crippen LogP contribution >= 0.6 is 0 Å². The molecule has 3 aromatic rings. The minimum atomic E-state index is -0.233. The monoisotopic (exact) mass is 386 g/mol. The molecule has 2 aromatic heterocycles. The number of hydrogen-bond acceptors (Lipinski definition) is 4. The van der Waals surface area contributed by atoms with Crippen molar-refractivity contribution in [2.45, 2.75) is 44.9 Å². The second-order valence-corrected chi connectivity index (χ2v) is 8.57. The van der Waals surface area contributed by atoms with E-state index < -0.39 is 0 Å². The lowest BCUT2D eigenvalue weighted by Crippen LogP contribution is -2.50. The van der Waals surface area contributed by atoms with Crippen LogP contribution in [-0.2, 0) is 23.7 Å². The first-order chi connectivity index (χ1) is 14.0. The zero-order valence-electron chi connectivity index (χ0n) is 17.2. The maximum absolute atomic E-state index is 12.7. The summed E-state index contributed by atoms with van der Waals surface area (Å²) in [6.45, 7) is 4.09. The van der Waals surface area contributed by atoms with Crippen molar-refractivity contribution in [1.82, 2.24) is 19.5 Å². The molecule has 1 aromatic carbocycles. The Bertz CT molecular complexity index is 1090. The number of rotatable bonds is 2. The molecule has 3 atom stereocenters. The highest BCUT2D eigenvalue weighted by atomic mass is 16.1. The third-order valence-corrected chi connectivity index (χ3v) is 7.11. The number of hydrogen-bond donors (Lipinski definition) is 0. The maximum Gasteiger partial charge on any atom is 0.136 e. The molecule has 2 aliphatic carbocycles. The van der Waals surface area contributed by atoms with E-state index in [1.807, 2.05) is 31.1 Å². The standard InChI is InChI=1S/C24H26N4O/c1-15-19-10-9-18-22(20-13-25-14-28(20)3)26-16(2)27-23(18)24(19,12-11-21(15)29)17-7-5-4-6-8-17/h4-8,13-15,19H,9-12H2,1-3H3/t15-,19-,24+/m0/s1. The number of Topliss-reactive ketones (excluding diaryl/α,β-unsaturated/α-hetero) is 1. The average molecular weight is 386 g/mol. The largest absolute Gasteiger partial charge is 0.332 e. The summed E-state index contributed by atoms with van der Waals surface area (Å²) < 4.78 is 2.02. The fourth-order valence-electron chi connectivity index (χ4n) is 5.70. The summed E-state index contributed by atoms with van der Waals surface area (Å²) in [4.78, 5) is 26.9. The van der Waals surface area contributed by atoms with E-state index in [-0.39, 0.29) is 17.3 Å². The van der Waals surface area contributed by atoms with Gasteiger partial charge in [-0.1, -0.05) is 37.3 Å². The van der Waals surface area contributed by atoms with Crippen LogP contribution in [0.15, 0.2) is 42.9 Å². The molecule has 0 aliphatic heterocycles. The number of carbonyl (C=O) groups excluding carboxylic acids is 1. The van der Waals surface area contributed by atoms with Crippen molar-refractivity contribution >= 4 is 5.78 Å². The third kappa shape index (κ3) is 2.60. The van der Waals surface area contributed by atoms with Crippen LogP contribution in [-0.4, -0.2) is 25.3 Å². The van der Waals surface area contributed by atoms with Gasteiger partial charge in [0, 0.05) is 30.4 Å². The quantitative estimate of drug-likeness (QED) is 0.667. The first-order valence-electron chi connectivity index (χ1n) is 10.5. The van der Waals surface area contributed by atoms with Crippen LogP contribution in [0.3, 0.4) is 0 Å². The van der Waals surface area contributed by atoms with Gasteiger partial charge in [-0.2, -0.15) is 0 Å². The van der Waals surface area contributed by atoms with E-state index in [0.717, 1.165) is 42.2 Å². The first kappa shape index (κ1) is 18.2. The van der Waals surface area contributed by atoms with Crippen LogP contribution < -0.4 is 0 Å². The van der Waals surface area contributed by atoms with Crippen molar-refractivity contribution in [3.63, 3.8) is 0 Å². The first-order valence-corrected chi connectivity index (χ1v) is 10.5. The second kappa shape index (κ2) is 6.61. The second-order valence-electron chi connectivity index (χ2n) is 8.57. The van der Waals surface area contributed by atoms with E-state index in [4.69, 9.17) is 9.97 Å². The Labute approximate surface area is 171 Å².